The highest BCUT2D eigenvalue weighted by Gasteiger charge is 2.20. The maximum atomic E-state index is 10.4. The van der Waals surface area contributed by atoms with Crippen molar-refractivity contribution in [3.63, 3.8) is 0 Å². The Kier molecular flexibility index (Phi) is 5.42. The fourth-order valence-corrected chi connectivity index (χ4v) is 4.01. The number of nitrogens with zero attached hydrogens (tertiary/aromatic N) is 2. The van der Waals surface area contributed by atoms with Gasteiger partial charge in [0.15, 0.2) is 0 Å². The molecule has 1 N–H and O–H groups in total. The Labute approximate surface area is 156 Å². The van der Waals surface area contributed by atoms with Gasteiger partial charge in [-0.25, -0.2) is 0 Å². The lowest BCUT2D eigenvalue weighted by atomic mass is 10.1. The lowest BCUT2D eigenvalue weighted by molar-refractivity contribution is 0.0663. The van der Waals surface area contributed by atoms with Crippen molar-refractivity contribution in [3.05, 3.63) is 59.7 Å². The van der Waals surface area contributed by atoms with Crippen LogP contribution in [0, 0.1) is 0 Å². The highest BCUT2D eigenvalue weighted by Crippen LogP contribution is 2.26. The second kappa shape index (κ2) is 8.11. The third-order valence-corrected chi connectivity index (χ3v) is 5.47. The Morgan fingerprint density at radius 3 is 2.50 bits per heavy atom. The summed E-state index contributed by atoms with van der Waals surface area (Å²) in [5, 5.41) is 10.4. The number of ether oxygens (including phenoxy) is 1. The number of benzene rings is 2. The summed E-state index contributed by atoms with van der Waals surface area (Å²) in [5.74, 6) is 0.888. The molecule has 1 atom stereocenters. The number of fused-ring (bicyclic) bond motifs is 1. The number of aliphatic hydroxyl groups excluding tert-OH is 1. The van der Waals surface area contributed by atoms with Crippen molar-refractivity contribution in [2.24, 2.45) is 0 Å². The first-order valence-corrected chi connectivity index (χ1v) is 9.73. The fourth-order valence-electron chi connectivity index (χ4n) is 4.01. The van der Waals surface area contributed by atoms with Crippen LogP contribution in [0.4, 0.5) is 5.69 Å². The number of aryl methyl sites for hydroxylation is 2. The normalized spacial score (nSPS) is 18.6. The molecule has 0 bridgehead atoms. The van der Waals surface area contributed by atoms with Crippen LogP contribution in [-0.2, 0) is 12.8 Å². The minimum atomic E-state index is -0.452. The molecule has 1 aliphatic carbocycles. The molecule has 1 heterocycles. The van der Waals surface area contributed by atoms with Crippen molar-refractivity contribution in [2.45, 2.75) is 25.4 Å². The Morgan fingerprint density at radius 1 is 0.923 bits per heavy atom. The predicted octanol–water partition coefficient (Wildman–Crippen LogP) is 2.74. The number of rotatable bonds is 6. The number of piperazine rings is 1. The molecule has 0 amide bonds. The molecule has 4 nitrogen and oxygen atoms in total. The molecule has 1 fully saturated rings. The summed E-state index contributed by atoms with van der Waals surface area (Å²) in [6.45, 7) is 4.99. The van der Waals surface area contributed by atoms with Crippen LogP contribution < -0.4 is 9.64 Å². The van der Waals surface area contributed by atoms with Crippen LogP contribution in [0.1, 0.15) is 17.5 Å². The summed E-state index contributed by atoms with van der Waals surface area (Å²) >= 11 is 0. The second-order valence-electron chi connectivity index (χ2n) is 7.37. The highest BCUT2D eigenvalue weighted by atomic mass is 16.5. The van der Waals surface area contributed by atoms with E-state index in [0.717, 1.165) is 38.3 Å². The van der Waals surface area contributed by atoms with Gasteiger partial charge in [-0.15, -0.1) is 0 Å². The van der Waals surface area contributed by atoms with Gasteiger partial charge in [0, 0.05) is 38.4 Å². The van der Waals surface area contributed by atoms with Crippen molar-refractivity contribution in [1.29, 1.82) is 0 Å². The zero-order valence-electron chi connectivity index (χ0n) is 15.3. The summed E-state index contributed by atoms with van der Waals surface area (Å²) in [4.78, 5) is 4.74. The Bertz CT molecular complexity index is 711. The lowest BCUT2D eigenvalue weighted by Crippen LogP contribution is -2.49. The van der Waals surface area contributed by atoms with Gasteiger partial charge in [-0.05, 0) is 54.7 Å². The first-order valence-electron chi connectivity index (χ1n) is 9.73. The zero-order chi connectivity index (χ0) is 17.8. The molecule has 0 unspecified atom stereocenters. The molecule has 0 spiro atoms. The molecule has 26 heavy (non-hydrogen) atoms. The van der Waals surface area contributed by atoms with Gasteiger partial charge in [0.05, 0.1) is 0 Å². The number of para-hydroxylation sites is 1. The Balaban J connectivity index is 1.21. The SMILES string of the molecule is O[C@H](COc1ccc2c(c1)CCC2)CN1CCN(c2ccccc2)CC1. The van der Waals surface area contributed by atoms with Crippen LogP contribution in [0.5, 0.6) is 5.75 Å². The van der Waals surface area contributed by atoms with Gasteiger partial charge in [-0.1, -0.05) is 24.3 Å². The number of anilines is 1. The van der Waals surface area contributed by atoms with Gasteiger partial charge in [0.1, 0.15) is 18.5 Å². The minimum Gasteiger partial charge on any atom is -0.491 e. The van der Waals surface area contributed by atoms with Crippen molar-refractivity contribution >= 4 is 5.69 Å². The van der Waals surface area contributed by atoms with E-state index < -0.39 is 6.10 Å². The molecule has 4 heteroatoms. The van der Waals surface area contributed by atoms with Gasteiger partial charge in [0.2, 0.25) is 0 Å². The molecule has 2 aromatic carbocycles. The van der Waals surface area contributed by atoms with Crippen LogP contribution >= 0.6 is 0 Å². The molecule has 4 rings (SSSR count). The molecular weight excluding hydrogens is 324 g/mol. The topological polar surface area (TPSA) is 35.9 Å². The van der Waals surface area contributed by atoms with Crippen molar-refractivity contribution in [2.75, 3.05) is 44.2 Å². The average Bonchev–Trinajstić information content (AvgIpc) is 3.15. The first-order chi connectivity index (χ1) is 12.8. The minimum absolute atomic E-state index is 0.359. The number of β-amino-alcohol motifs (C(OH)–C–C–N with tert-alkyl or cyclic N) is 1. The quantitative estimate of drug-likeness (QED) is 0.867. The highest BCUT2D eigenvalue weighted by molar-refractivity contribution is 5.46. The third kappa shape index (κ3) is 4.19. The molecule has 1 aliphatic heterocycles. The van der Waals surface area contributed by atoms with Gasteiger partial charge in [-0.2, -0.15) is 0 Å². The lowest BCUT2D eigenvalue weighted by Gasteiger charge is -2.36. The van der Waals surface area contributed by atoms with Crippen molar-refractivity contribution in [1.82, 2.24) is 4.90 Å². The molecule has 2 aliphatic rings. The van der Waals surface area contributed by atoms with E-state index in [4.69, 9.17) is 4.74 Å². The molecule has 0 radical (unpaired) electrons. The maximum Gasteiger partial charge on any atom is 0.119 e. The van der Waals surface area contributed by atoms with Crippen LogP contribution in [0.15, 0.2) is 48.5 Å². The summed E-state index contributed by atoms with van der Waals surface area (Å²) in [6, 6.07) is 16.9. The summed E-state index contributed by atoms with van der Waals surface area (Å²) in [5.41, 5.74) is 4.15. The van der Waals surface area contributed by atoms with E-state index in [1.807, 2.05) is 6.07 Å². The van der Waals surface area contributed by atoms with E-state index in [2.05, 4.69) is 52.3 Å². The summed E-state index contributed by atoms with van der Waals surface area (Å²) in [7, 11) is 0. The van der Waals surface area contributed by atoms with Gasteiger partial charge in [-0.3, -0.25) is 4.90 Å². The molecular formula is C22H28N2O2. The van der Waals surface area contributed by atoms with Crippen LogP contribution in [0.2, 0.25) is 0 Å². The largest absolute Gasteiger partial charge is 0.491 e. The standard InChI is InChI=1S/C22H28N2O2/c25-21(17-26-22-10-9-18-5-4-6-19(18)15-22)16-23-11-13-24(14-12-23)20-7-2-1-3-8-20/h1-3,7-10,15,21,25H,4-6,11-14,16-17H2/t21-/m0/s1. The first kappa shape index (κ1) is 17.4. The van der Waals surface area contributed by atoms with Crippen molar-refractivity contribution in [3.8, 4) is 5.75 Å². The summed E-state index contributed by atoms with van der Waals surface area (Å²) in [6.07, 6.45) is 3.14. The molecule has 0 saturated carbocycles. The molecule has 138 valence electrons. The van der Waals surface area contributed by atoms with E-state index in [1.54, 1.807) is 0 Å². The van der Waals surface area contributed by atoms with Gasteiger partial charge < -0.3 is 14.7 Å². The number of hydrogen-bond donors (Lipinski definition) is 1. The van der Waals surface area contributed by atoms with E-state index >= 15 is 0 Å². The van der Waals surface area contributed by atoms with E-state index in [-0.39, 0.29) is 0 Å². The zero-order valence-corrected chi connectivity index (χ0v) is 15.3. The monoisotopic (exact) mass is 352 g/mol. The smallest absolute Gasteiger partial charge is 0.119 e. The summed E-state index contributed by atoms with van der Waals surface area (Å²) < 4.78 is 5.84. The average molecular weight is 352 g/mol. The maximum absolute atomic E-state index is 10.4. The Morgan fingerprint density at radius 2 is 1.69 bits per heavy atom. The van der Waals surface area contributed by atoms with Gasteiger partial charge >= 0.3 is 0 Å². The van der Waals surface area contributed by atoms with Gasteiger partial charge in [0.25, 0.3) is 0 Å². The van der Waals surface area contributed by atoms with E-state index in [1.165, 1.54) is 29.7 Å². The van der Waals surface area contributed by atoms with Crippen LogP contribution in [0.3, 0.4) is 0 Å². The van der Waals surface area contributed by atoms with Crippen molar-refractivity contribution < 1.29 is 9.84 Å². The predicted molar refractivity (Wildman–Crippen MR) is 105 cm³/mol. The van der Waals surface area contributed by atoms with Crippen LogP contribution in [-0.4, -0.2) is 55.4 Å². The fraction of sp³-hybridized carbons (Fsp3) is 0.455. The molecule has 1 saturated heterocycles. The number of aliphatic hydroxyl groups is 1. The van der Waals surface area contributed by atoms with Crippen LogP contribution in [0.25, 0.3) is 0 Å². The number of hydrogen-bond acceptors (Lipinski definition) is 4. The van der Waals surface area contributed by atoms with E-state index in [9.17, 15) is 5.11 Å². The molecule has 0 aromatic heterocycles. The second-order valence-corrected chi connectivity index (χ2v) is 7.37. The van der Waals surface area contributed by atoms with E-state index in [0.29, 0.717) is 13.2 Å². The Hall–Kier alpha value is -2.04. The third-order valence-electron chi connectivity index (χ3n) is 5.47. The molecule has 2 aromatic rings.